The predicted molar refractivity (Wildman–Crippen MR) is 100 cm³/mol. The molecule has 2 aliphatic rings. The number of hydrogen-bond donors (Lipinski definition) is 0. The maximum absolute atomic E-state index is 13.4. The number of amides is 1. The highest BCUT2D eigenvalue weighted by molar-refractivity contribution is 5.82. The smallest absolute Gasteiger partial charge is 0.223 e. The summed E-state index contributed by atoms with van der Waals surface area (Å²) in [6.07, 6.45) is 1.54. The SMILES string of the molecule is CN1CCN(CCCC(=O)N2CCn3c(cc4cc(F)ccc43)C2)CC1. The van der Waals surface area contributed by atoms with Gasteiger partial charge in [0, 0.05) is 62.3 Å². The fourth-order valence-electron chi connectivity index (χ4n) is 4.09. The highest BCUT2D eigenvalue weighted by Crippen LogP contribution is 2.25. The number of halogens is 1. The van der Waals surface area contributed by atoms with Crippen molar-refractivity contribution in [1.29, 1.82) is 0 Å². The molecule has 140 valence electrons. The molecule has 0 aliphatic carbocycles. The van der Waals surface area contributed by atoms with Crippen LogP contribution in [0.1, 0.15) is 18.5 Å². The second-order valence-electron chi connectivity index (χ2n) is 7.55. The second kappa shape index (κ2) is 7.37. The molecule has 2 aliphatic heterocycles. The predicted octanol–water partition coefficient (Wildman–Crippen LogP) is 2.15. The normalized spacial score (nSPS) is 19.1. The summed E-state index contributed by atoms with van der Waals surface area (Å²) in [4.78, 5) is 19.4. The number of likely N-dealkylation sites (N-methyl/N-ethyl adjacent to an activating group) is 1. The van der Waals surface area contributed by atoms with E-state index in [2.05, 4.69) is 21.4 Å². The van der Waals surface area contributed by atoms with Gasteiger partial charge >= 0.3 is 0 Å². The molecule has 2 aromatic rings. The van der Waals surface area contributed by atoms with Crippen LogP contribution in [0.2, 0.25) is 0 Å². The Kier molecular flexibility index (Phi) is 4.96. The molecule has 1 aromatic carbocycles. The van der Waals surface area contributed by atoms with Crippen molar-refractivity contribution in [2.45, 2.75) is 25.9 Å². The number of rotatable bonds is 4. The molecule has 1 amide bonds. The molecule has 3 heterocycles. The standard InChI is InChI=1S/C20H27FN4O/c1-22-7-9-23(10-8-22)6-2-3-20(26)24-11-12-25-18(15-24)14-16-13-17(21)4-5-19(16)25/h4-5,13-14H,2-3,6-12,15H2,1H3. The van der Waals surface area contributed by atoms with Crippen LogP contribution >= 0.6 is 0 Å². The van der Waals surface area contributed by atoms with Gasteiger partial charge in [0.05, 0.1) is 6.54 Å². The number of aromatic nitrogens is 1. The summed E-state index contributed by atoms with van der Waals surface area (Å²) < 4.78 is 15.7. The van der Waals surface area contributed by atoms with Gasteiger partial charge in [-0.25, -0.2) is 4.39 Å². The molecule has 4 rings (SSSR count). The van der Waals surface area contributed by atoms with Gasteiger partial charge in [-0.15, -0.1) is 0 Å². The zero-order chi connectivity index (χ0) is 18.1. The van der Waals surface area contributed by atoms with Gasteiger partial charge in [0.25, 0.3) is 0 Å². The van der Waals surface area contributed by atoms with Crippen molar-refractivity contribution in [2.75, 3.05) is 46.3 Å². The van der Waals surface area contributed by atoms with E-state index in [1.54, 1.807) is 6.07 Å². The molecule has 1 aromatic heterocycles. The molecule has 0 atom stereocenters. The molecule has 0 saturated carbocycles. The highest BCUT2D eigenvalue weighted by Gasteiger charge is 2.22. The number of benzene rings is 1. The van der Waals surface area contributed by atoms with Crippen LogP contribution in [0.3, 0.4) is 0 Å². The third kappa shape index (κ3) is 3.62. The Bertz CT molecular complexity index is 794. The van der Waals surface area contributed by atoms with E-state index in [-0.39, 0.29) is 11.7 Å². The maximum Gasteiger partial charge on any atom is 0.223 e. The molecule has 6 heteroatoms. The van der Waals surface area contributed by atoms with Gasteiger partial charge in [-0.1, -0.05) is 0 Å². The number of piperazine rings is 1. The van der Waals surface area contributed by atoms with Crippen molar-refractivity contribution < 1.29 is 9.18 Å². The summed E-state index contributed by atoms with van der Waals surface area (Å²) in [5.41, 5.74) is 2.16. The first-order valence-corrected chi connectivity index (χ1v) is 9.56. The quantitative estimate of drug-likeness (QED) is 0.839. The lowest BCUT2D eigenvalue weighted by Gasteiger charge is -2.32. The maximum atomic E-state index is 13.4. The highest BCUT2D eigenvalue weighted by atomic mass is 19.1. The minimum atomic E-state index is -0.211. The zero-order valence-corrected chi connectivity index (χ0v) is 15.5. The van der Waals surface area contributed by atoms with E-state index in [1.807, 2.05) is 17.0 Å². The van der Waals surface area contributed by atoms with Gasteiger partial charge in [0.15, 0.2) is 0 Å². The molecule has 5 nitrogen and oxygen atoms in total. The Hall–Kier alpha value is -1.92. The van der Waals surface area contributed by atoms with Gasteiger partial charge in [0.1, 0.15) is 5.82 Å². The molecular formula is C20H27FN4O. The van der Waals surface area contributed by atoms with Crippen molar-refractivity contribution >= 4 is 16.8 Å². The van der Waals surface area contributed by atoms with Crippen LogP contribution in [0, 0.1) is 5.82 Å². The lowest BCUT2D eigenvalue weighted by Crippen LogP contribution is -2.45. The summed E-state index contributed by atoms with van der Waals surface area (Å²) in [5, 5.41) is 0.921. The lowest BCUT2D eigenvalue weighted by atomic mass is 10.2. The van der Waals surface area contributed by atoms with E-state index in [0.717, 1.165) is 68.8 Å². The van der Waals surface area contributed by atoms with Gasteiger partial charge in [-0.05, 0) is 44.3 Å². The van der Waals surface area contributed by atoms with Gasteiger partial charge in [-0.3, -0.25) is 4.79 Å². The number of nitrogens with zero attached hydrogens (tertiary/aromatic N) is 4. The van der Waals surface area contributed by atoms with E-state index < -0.39 is 0 Å². The average molecular weight is 358 g/mol. The minimum absolute atomic E-state index is 0.211. The van der Waals surface area contributed by atoms with E-state index in [0.29, 0.717) is 13.0 Å². The lowest BCUT2D eigenvalue weighted by molar-refractivity contribution is -0.132. The molecule has 0 N–H and O–H groups in total. The molecule has 0 unspecified atom stereocenters. The van der Waals surface area contributed by atoms with Crippen LogP contribution in [0.25, 0.3) is 10.9 Å². The van der Waals surface area contributed by atoms with E-state index in [4.69, 9.17) is 0 Å². The Labute approximate surface area is 154 Å². The Morgan fingerprint density at radius 3 is 2.69 bits per heavy atom. The van der Waals surface area contributed by atoms with Crippen LogP contribution in [0.4, 0.5) is 4.39 Å². The number of carbonyl (C=O) groups excluding carboxylic acids is 1. The Morgan fingerprint density at radius 2 is 1.88 bits per heavy atom. The van der Waals surface area contributed by atoms with E-state index in [9.17, 15) is 9.18 Å². The van der Waals surface area contributed by atoms with Crippen LogP contribution < -0.4 is 0 Å². The largest absolute Gasteiger partial charge is 0.341 e. The first kappa shape index (κ1) is 17.5. The van der Waals surface area contributed by atoms with Gasteiger partial charge in [-0.2, -0.15) is 0 Å². The zero-order valence-electron chi connectivity index (χ0n) is 15.5. The van der Waals surface area contributed by atoms with Crippen molar-refractivity contribution in [3.05, 3.63) is 35.8 Å². The van der Waals surface area contributed by atoms with Crippen molar-refractivity contribution in [3.63, 3.8) is 0 Å². The third-order valence-electron chi connectivity index (χ3n) is 5.71. The summed E-state index contributed by atoms with van der Waals surface area (Å²) >= 11 is 0. The van der Waals surface area contributed by atoms with Crippen LogP contribution in [0.5, 0.6) is 0 Å². The first-order valence-electron chi connectivity index (χ1n) is 9.56. The molecular weight excluding hydrogens is 331 g/mol. The fraction of sp³-hybridized carbons (Fsp3) is 0.550. The summed E-state index contributed by atoms with van der Waals surface area (Å²) in [6.45, 7) is 7.60. The molecule has 0 spiro atoms. The van der Waals surface area contributed by atoms with E-state index >= 15 is 0 Å². The van der Waals surface area contributed by atoms with Crippen molar-refractivity contribution in [1.82, 2.24) is 19.3 Å². The van der Waals surface area contributed by atoms with Crippen LogP contribution in [0.15, 0.2) is 24.3 Å². The van der Waals surface area contributed by atoms with Crippen LogP contribution in [-0.4, -0.2) is 71.5 Å². The monoisotopic (exact) mass is 358 g/mol. The van der Waals surface area contributed by atoms with Gasteiger partial charge in [0.2, 0.25) is 5.91 Å². The van der Waals surface area contributed by atoms with Crippen molar-refractivity contribution in [2.24, 2.45) is 0 Å². The molecule has 0 radical (unpaired) electrons. The number of fused-ring (bicyclic) bond motifs is 3. The number of carbonyl (C=O) groups is 1. The first-order chi connectivity index (χ1) is 12.6. The third-order valence-corrected chi connectivity index (χ3v) is 5.71. The van der Waals surface area contributed by atoms with Crippen molar-refractivity contribution in [3.8, 4) is 0 Å². The molecule has 26 heavy (non-hydrogen) atoms. The molecule has 0 bridgehead atoms. The molecule has 1 saturated heterocycles. The number of hydrogen-bond acceptors (Lipinski definition) is 3. The topological polar surface area (TPSA) is 31.7 Å². The van der Waals surface area contributed by atoms with E-state index in [1.165, 1.54) is 6.07 Å². The van der Waals surface area contributed by atoms with Crippen LogP contribution in [-0.2, 0) is 17.9 Å². The Morgan fingerprint density at radius 1 is 1.08 bits per heavy atom. The minimum Gasteiger partial charge on any atom is -0.341 e. The average Bonchev–Trinajstić information content (AvgIpc) is 2.99. The summed E-state index contributed by atoms with van der Waals surface area (Å²) in [7, 11) is 2.16. The summed E-state index contributed by atoms with van der Waals surface area (Å²) in [5.74, 6) is 0.0269. The Balaban J connectivity index is 1.32. The second-order valence-corrected chi connectivity index (χ2v) is 7.55. The van der Waals surface area contributed by atoms with Gasteiger partial charge < -0.3 is 19.3 Å². The fourth-order valence-corrected chi connectivity index (χ4v) is 4.09. The molecule has 1 fully saturated rings. The summed E-state index contributed by atoms with van der Waals surface area (Å²) in [6, 6.07) is 6.93.